The minimum atomic E-state index is -4.90. The third kappa shape index (κ3) is 13.8. The van der Waals surface area contributed by atoms with Gasteiger partial charge in [0.25, 0.3) is 5.92 Å². The summed E-state index contributed by atoms with van der Waals surface area (Å²) in [6.45, 7) is 7.20. The van der Waals surface area contributed by atoms with Gasteiger partial charge in [0.1, 0.15) is 41.6 Å². The van der Waals surface area contributed by atoms with Crippen molar-refractivity contribution in [2.45, 2.75) is 83.1 Å². The number of anilines is 1. The Hall–Kier alpha value is -4.45. The summed E-state index contributed by atoms with van der Waals surface area (Å²) in [5.74, 6) is 0.474. The van der Waals surface area contributed by atoms with Gasteiger partial charge in [-0.05, 0) is 81.3 Å². The zero-order chi connectivity index (χ0) is 47.7. The lowest BCUT2D eigenvalue weighted by molar-refractivity contribution is -0.141. The van der Waals surface area contributed by atoms with Gasteiger partial charge in [0.2, 0.25) is 0 Å². The van der Waals surface area contributed by atoms with Crippen molar-refractivity contribution in [3.8, 4) is 23.0 Å². The monoisotopic (exact) mass is 953 g/mol. The van der Waals surface area contributed by atoms with E-state index in [9.17, 15) is 48.7 Å². The lowest BCUT2D eigenvalue weighted by Gasteiger charge is -2.21. The van der Waals surface area contributed by atoms with E-state index in [1.165, 1.54) is 31.0 Å². The van der Waals surface area contributed by atoms with Crippen LogP contribution in [0.25, 0.3) is 22.0 Å². The number of aliphatic imine (C=N–C) groups is 1. The van der Waals surface area contributed by atoms with Crippen molar-refractivity contribution in [1.82, 2.24) is 20.1 Å². The molecule has 2 aromatic heterocycles. The Morgan fingerprint density at radius 1 is 1.06 bits per heavy atom. The molecule has 5 rings (SSSR count). The molecular formula is C42H46ClF10N7OS2. The standard InChI is InChI=1S/C30H29ClF5N5S2.C10H11F5N2O.C2H6/c1-29(2,42-4)11-10-20-6-7-21(26(38-20)24(37-3)14-17-12-18(32)15-19(33)13-17)22-8-9-23(31)25-27(22)41(16-30(34,35)36)39-28(25)40-43-5;1-5-4-9(11,12)8(17-2-3-18)6(5)7(16)10(13,14)15;1-2/h6-9,12-13,15,24,37H,14,16H2,1-5H3,(H,39,40);3,5H,2,4,16H2,1H3;1-2H3/b;7-6-,17-8?;/t;5-;/m.0./s1. The summed E-state index contributed by atoms with van der Waals surface area (Å²) < 4.78 is 137. The number of halogens is 11. The Bertz CT molecular complexity index is 2350. The first-order valence-electron chi connectivity index (χ1n) is 19.1. The number of rotatable bonds is 11. The van der Waals surface area contributed by atoms with Crippen LogP contribution in [-0.2, 0) is 17.8 Å². The van der Waals surface area contributed by atoms with E-state index >= 15 is 0 Å². The van der Waals surface area contributed by atoms with E-state index in [1.54, 1.807) is 49.3 Å². The number of hydrogen-bond acceptors (Lipinski definition) is 9. The molecule has 0 aliphatic heterocycles. The molecule has 2 atom stereocenters. The summed E-state index contributed by atoms with van der Waals surface area (Å²) in [4.78, 5) is 18.2. The molecule has 0 saturated heterocycles. The van der Waals surface area contributed by atoms with Crippen LogP contribution in [0.2, 0.25) is 5.02 Å². The van der Waals surface area contributed by atoms with E-state index in [4.69, 9.17) is 22.3 Å². The first-order chi connectivity index (χ1) is 29.4. The fourth-order valence-corrected chi connectivity index (χ4v) is 7.17. The fourth-order valence-electron chi connectivity index (χ4n) is 6.44. The van der Waals surface area contributed by atoms with Crippen LogP contribution in [-0.4, -0.2) is 75.9 Å². The lowest BCUT2D eigenvalue weighted by Crippen LogP contribution is -2.28. The second-order valence-corrected chi connectivity index (χ2v) is 16.6. The summed E-state index contributed by atoms with van der Waals surface area (Å²) in [5, 5.41) is 7.92. The normalized spacial score (nSPS) is 16.9. The third-order valence-electron chi connectivity index (χ3n) is 9.20. The Balaban J connectivity index is 0.000000441. The molecule has 8 nitrogen and oxygen atoms in total. The van der Waals surface area contributed by atoms with Gasteiger partial charge >= 0.3 is 12.4 Å². The summed E-state index contributed by atoms with van der Waals surface area (Å²) in [6.07, 6.45) is -6.22. The minimum Gasteiger partial charge on any atom is -0.394 e. The van der Waals surface area contributed by atoms with Crippen molar-refractivity contribution >= 4 is 64.0 Å². The third-order valence-corrected chi connectivity index (χ3v) is 11.0. The zero-order valence-electron chi connectivity index (χ0n) is 35.4. The van der Waals surface area contributed by atoms with Crippen LogP contribution < -0.4 is 15.8 Å². The van der Waals surface area contributed by atoms with Crippen LogP contribution in [0.4, 0.5) is 49.7 Å². The molecule has 1 fully saturated rings. The molecule has 1 aliphatic carbocycles. The highest BCUT2D eigenvalue weighted by Crippen LogP contribution is 2.44. The molecular weight excluding hydrogens is 908 g/mol. The summed E-state index contributed by atoms with van der Waals surface area (Å²) in [5.41, 5.74) is 3.87. The van der Waals surface area contributed by atoms with Crippen LogP contribution in [0.1, 0.15) is 64.0 Å². The molecule has 2 aromatic carbocycles. The molecule has 0 spiro atoms. The predicted molar refractivity (Wildman–Crippen MR) is 233 cm³/mol. The number of carbonyl (C=O) groups excluding carboxylic acids is 1. The Morgan fingerprint density at radius 3 is 2.22 bits per heavy atom. The van der Waals surface area contributed by atoms with Gasteiger partial charge in [0.15, 0.2) is 5.82 Å². The summed E-state index contributed by atoms with van der Waals surface area (Å²) in [6, 6.07) is 9.32. The van der Waals surface area contributed by atoms with E-state index in [-0.39, 0.29) is 33.8 Å². The zero-order valence-corrected chi connectivity index (χ0v) is 37.7. The number of aromatic nitrogens is 3. The average Bonchev–Trinajstić information content (AvgIpc) is 3.66. The van der Waals surface area contributed by atoms with Crippen molar-refractivity contribution in [3.63, 3.8) is 0 Å². The molecule has 0 radical (unpaired) electrons. The van der Waals surface area contributed by atoms with Crippen molar-refractivity contribution in [2.24, 2.45) is 16.6 Å². The number of aldehydes is 1. The molecule has 1 saturated carbocycles. The topological polar surface area (TPSA) is 110 Å². The maximum atomic E-state index is 14.1. The molecule has 63 heavy (non-hydrogen) atoms. The molecule has 0 bridgehead atoms. The van der Waals surface area contributed by atoms with Crippen LogP contribution in [0.15, 0.2) is 58.7 Å². The van der Waals surface area contributed by atoms with E-state index < -0.39 is 78.4 Å². The number of nitrogens with zero attached hydrogens (tertiary/aromatic N) is 4. The van der Waals surface area contributed by atoms with Gasteiger partial charge < -0.3 is 20.6 Å². The number of carbonyl (C=O) groups is 1. The Kier molecular flexibility index (Phi) is 18.4. The van der Waals surface area contributed by atoms with Crippen molar-refractivity contribution in [3.05, 3.63) is 87.3 Å². The lowest BCUT2D eigenvalue weighted by atomic mass is 9.94. The van der Waals surface area contributed by atoms with E-state index in [2.05, 4.69) is 32.0 Å². The van der Waals surface area contributed by atoms with Crippen LogP contribution in [0.3, 0.4) is 0 Å². The Labute approximate surface area is 372 Å². The second kappa shape index (κ2) is 22.0. The predicted octanol–water partition coefficient (Wildman–Crippen LogP) is 11.4. The fraction of sp³-hybridized carbons (Fsp3) is 0.429. The second-order valence-electron chi connectivity index (χ2n) is 14.2. The van der Waals surface area contributed by atoms with Gasteiger partial charge in [-0.25, -0.2) is 13.8 Å². The van der Waals surface area contributed by atoms with Gasteiger partial charge in [-0.1, -0.05) is 56.3 Å². The van der Waals surface area contributed by atoms with Gasteiger partial charge in [-0.3, -0.25) is 9.67 Å². The van der Waals surface area contributed by atoms with Gasteiger partial charge in [0, 0.05) is 35.4 Å². The highest BCUT2D eigenvalue weighted by atomic mass is 35.5. The van der Waals surface area contributed by atoms with Crippen molar-refractivity contribution < 1.29 is 48.7 Å². The SMILES string of the molecule is CC.CNC(Cc1cc(F)cc(F)c1)c1nc(C#CC(C)(C)SC)ccc1-c1ccc(Cl)c2c(NSC)nn(CC(F)(F)F)c12.C[C@H]1CC(F)(F)C(=NCC=O)/C1=C(\N)C(F)(F)F. The highest BCUT2D eigenvalue weighted by molar-refractivity contribution is 8.00. The highest BCUT2D eigenvalue weighted by Gasteiger charge is 2.51. The van der Waals surface area contributed by atoms with E-state index in [0.717, 1.165) is 10.7 Å². The molecule has 344 valence electrons. The number of fused-ring (bicyclic) bond motifs is 1. The maximum absolute atomic E-state index is 14.1. The number of hydrogen-bond donors (Lipinski definition) is 3. The van der Waals surface area contributed by atoms with Crippen molar-refractivity contribution in [1.29, 1.82) is 0 Å². The van der Waals surface area contributed by atoms with Crippen molar-refractivity contribution in [2.75, 3.05) is 30.8 Å². The average molecular weight is 954 g/mol. The number of nitrogens with one attached hydrogen (secondary N) is 2. The Morgan fingerprint density at radius 2 is 1.68 bits per heavy atom. The maximum Gasteiger partial charge on any atom is 0.431 e. The first-order valence-corrected chi connectivity index (χ1v) is 21.9. The summed E-state index contributed by atoms with van der Waals surface area (Å²) in [7, 11) is 1.67. The first kappa shape index (κ1) is 52.9. The number of nitrogens with two attached hydrogens (primary N) is 1. The minimum absolute atomic E-state index is 0.135. The summed E-state index contributed by atoms with van der Waals surface area (Å²) >= 11 is 9.27. The molecule has 21 heteroatoms. The van der Waals surface area contributed by atoms with E-state index in [0.29, 0.717) is 33.5 Å². The largest absolute Gasteiger partial charge is 0.431 e. The quantitative estimate of drug-likeness (QED) is 0.0590. The smallest absolute Gasteiger partial charge is 0.394 e. The molecule has 2 heterocycles. The van der Waals surface area contributed by atoms with Crippen LogP contribution in [0, 0.1) is 29.4 Å². The van der Waals surface area contributed by atoms with E-state index in [1.807, 2.05) is 34.0 Å². The molecule has 4 N–H and O–H groups in total. The number of thioether (sulfide) groups is 1. The molecule has 0 amide bonds. The van der Waals surface area contributed by atoms with Gasteiger partial charge in [0.05, 0.1) is 39.0 Å². The number of likely N-dealkylation sites (N-methyl/N-ethyl adjacent to an activating group) is 1. The van der Waals surface area contributed by atoms with Gasteiger partial charge in [-0.2, -0.15) is 40.2 Å². The molecule has 4 aromatic rings. The number of allylic oxidation sites excluding steroid dienone is 2. The molecule has 1 unspecified atom stereocenters. The van der Waals surface area contributed by atoms with Crippen LogP contribution >= 0.6 is 35.3 Å². The number of alkyl halides is 8. The number of pyridine rings is 1. The molecule has 1 aliphatic rings. The van der Waals surface area contributed by atoms with Crippen LogP contribution in [0.5, 0.6) is 0 Å². The number of benzene rings is 2. The van der Waals surface area contributed by atoms with Gasteiger partial charge in [-0.15, -0.1) is 11.8 Å².